The van der Waals surface area contributed by atoms with E-state index < -0.39 is 5.82 Å². The largest absolute Gasteiger partial charge is 0.481 e. The maximum absolute atomic E-state index is 13.5. The lowest BCUT2D eigenvalue weighted by Crippen LogP contribution is -2.51. The molecule has 2 amide bonds. The number of amides is 2. The lowest BCUT2D eigenvalue weighted by atomic mass is 10.3. The van der Waals surface area contributed by atoms with Crippen LogP contribution in [-0.2, 0) is 4.79 Å². The van der Waals surface area contributed by atoms with Gasteiger partial charge in [0.2, 0.25) is 0 Å². The molecule has 0 bridgehead atoms. The molecule has 7 heteroatoms. The molecule has 3 rings (SSSR count). The zero-order chi connectivity index (χ0) is 16.9. The lowest BCUT2D eigenvalue weighted by molar-refractivity contribution is -0.134. The Morgan fingerprint density at radius 3 is 2.42 bits per heavy atom. The van der Waals surface area contributed by atoms with E-state index in [9.17, 15) is 14.0 Å². The molecule has 2 heterocycles. The summed E-state index contributed by atoms with van der Waals surface area (Å²) < 4.78 is 18.7. The van der Waals surface area contributed by atoms with Crippen molar-refractivity contribution in [3.05, 3.63) is 52.5 Å². The summed E-state index contributed by atoms with van der Waals surface area (Å²) in [6.07, 6.45) is 0. The highest BCUT2D eigenvalue weighted by Crippen LogP contribution is 2.16. The van der Waals surface area contributed by atoms with Gasteiger partial charge >= 0.3 is 0 Å². The molecule has 0 N–H and O–H groups in total. The minimum atomic E-state index is -0.489. The number of carbonyl (C=O) groups excluding carboxylic acids is 2. The second kappa shape index (κ2) is 7.44. The van der Waals surface area contributed by atoms with Gasteiger partial charge in [-0.3, -0.25) is 9.59 Å². The molecule has 1 aliphatic rings. The molecule has 1 saturated heterocycles. The second-order valence-electron chi connectivity index (χ2n) is 5.37. The molecule has 0 spiro atoms. The number of para-hydroxylation sites is 1. The van der Waals surface area contributed by atoms with Crippen molar-refractivity contribution in [2.45, 2.75) is 0 Å². The fourth-order valence-electron chi connectivity index (χ4n) is 2.51. The maximum Gasteiger partial charge on any atom is 0.264 e. The van der Waals surface area contributed by atoms with Crippen LogP contribution < -0.4 is 4.74 Å². The lowest BCUT2D eigenvalue weighted by Gasteiger charge is -2.34. The number of thiophene rings is 1. The van der Waals surface area contributed by atoms with Crippen LogP contribution >= 0.6 is 11.3 Å². The number of hydrogen-bond acceptors (Lipinski definition) is 4. The summed E-state index contributed by atoms with van der Waals surface area (Å²) in [5.74, 6) is -0.629. The number of benzene rings is 1. The van der Waals surface area contributed by atoms with Crippen LogP contribution in [0.4, 0.5) is 4.39 Å². The highest BCUT2D eigenvalue weighted by atomic mass is 32.1. The van der Waals surface area contributed by atoms with Crippen molar-refractivity contribution in [1.29, 1.82) is 0 Å². The number of carbonyl (C=O) groups is 2. The van der Waals surface area contributed by atoms with E-state index in [1.165, 1.54) is 23.5 Å². The number of ether oxygens (including phenoxy) is 1. The first-order chi connectivity index (χ1) is 11.6. The van der Waals surface area contributed by atoms with Crippen molar-refractivity contribution >= 4 is 23.2 Å². The van der Waals surface area contributed by atoms with E-state index in [1.807, 2.05) is 11.4 Å². The fourth-order valence-corrected chi connectivity index (χ4v) is 3.20. The molecule has 126 valence electrons. The van der Waals surface area contributed by atoms with Crippen LogP contribution in [0.3, 0.4) is 0 Å². The molecule has 5 nitrogen and oxygen atoms in total. The molecule has 2 aromatic rings. The molecular formula is C17H17FN2O3S. The summed E-state index contributed by atoms with van der Waals surface area (Å²) in [5.41, 5.74) is 0. The average Bonchev–Trinajstić information content (AvgIpc) is 3.15. The Labute approximate surface area is 143 Å². The fraction of sp³-hybridized carbons (Fsp3) is 0.294. The Bertz CT molecular complexity index is 712. The summed E-state index contributed by atoms with van der Waals surface area (Å²) in [6, 6.07) is 9.63. The molecule has 0 saturated carbocycles. The van der Waals surface area contributed by atoms with Gasteiger partial charge in [-0.05, 0) is 23.6 Å². The van der Waals surface area contributed by atoms with Gasteiger partial charge in [0.1, 0.15) is 0 Å². The average molecular weight is 348 g/mol. The Balaban J connectivity index is 1.48. The predicted octanol–water partition coefficient (Wildman–Crippen LogP) is 2.25. The van der Waals surface area contributed by atoms with Gasteiger partial charge in [-0.1, -0.05) is 18.2 Å². The summed E-state index contributed by atoms with van der Waals surface area (Å²) in [5, 5.41) is 1.87. The molecule has 1 aromatic carbocycles. The third-order valence-corrected chi connectivity index (χ3v) is 4.70. The van der Waals surface area contributed by atoms with Gasteiger partial charge < -0.3 is 14.5 Å². The van der Waals surface area contributed by atoms with Crippen LogP contribution in [0, 0.1) is 5.82 Å². The Morgan fingerprint density at radius 2 is 1.75 bits per heavy atom. The molecule has 0 radical (unpaired) electrons. The van der Waals surface area contributed by atoms with Gasteiger partial charge in [-0.15, -0.1) is 11.3 Å². The molecular weight excluding hydrogens is 331 g/mol. The highest BCUT2D eigenvalue weighted by molar-refractivity contribution is 7.12. The summed E-state index contributed by atoms with van der Waals surface area (Å²) in [6.45, 7) is 1.68. The van der Waals surface area contributed by atoms with Crippen molar-refractivity contribution in [3.63, 3.8) is 0 Å². The monoisotopic (exact) mass is 348 g/mol. The Morgan fingerprint density at radius 1 is 1.04 bits per heavy atom. The van der Waals surface area contributed by atoms with Crippen molar-refractivity contribution in [2.75, 3.05) is 32.8 Å². The van der Waals surface area contributed by atoms with Crippen LogP contribution in [-0.4, -0.2) is 54.4 Å². The topological polar surface area (TPSA) is 49.9 Å². The third-order valence-electron chi connectivity index (χ3n) is 3.84. The van der Waals surface area contributed by atoms with Crippen LogP contribution in [0.15, 0.2) is 41.8 Å². The van der Waals surface area contributed by atoms with E-state index in [0.717, 1.165) is 0 Å². The van der Waals surface area contributed by atoms with Crippen molar-refractivity contribution < 1.29 is 18.7 Å². The Kier molecular flexibility index (Phi) is 5.10. The molecule has 0 aliphatic carbocycles. The maximum atomic E-state index is 13.5. The normalized spacial score (nSPS) is 14.5. The molecule has 1 fully saturated rings. The first kappa shape index (κ1) is 16.4. The standard InChI is InChI=1S/C17H17FN2O3S/c18-13-4-1-2-5-14(13)23-12-16(21)19-7-9-20(10-8-19)17(22)15-6-3-11-24-15/h1-6,11H,7-10,12H2. The Hall–Kier alpha value is -2.41. The summed E-state index contributed by atoms with van der Waals surface area (Å²) >= 11 is 1.41. The molecule has 1 aliphatic heterocycles. The minimum Gasteiger partial charge on any atom is -0.481 e. The van der Waals surface area contributed by atoms with Crippen molar-refractivity contribution in [3.8, 4) is 5.75 Å². The van der Waals surface area contributed by atoms with Gasteiger partial charge in [0, 0.05) is 26.2 Å². The van der Waals surface area contributed by atoms with E-state index in [4.69, 9.17) is 4.74 Å². The van der Waals surface area contributed by atoms with E-state index in [0.29, 0.717) is 31.1 Å². The van der Waals surface area contributed by atoms with E-state index in [1.54, 1.807) is 28.0 Å². The summed E-state index contributed by atoms with van der Waals surface area (Å²) in [7, 11) is 0. The van der Waals surface area contributed by atoms with E-state index in [2.05, 4.69) is 0 Å². The second-order valence-corrected chi connectivity index (χ2v) is 6.32. The first-order valence-corrected chi connectivity index (χ1v) is 8.51. The minimum absolute atomic E-state index is 0.000273. The zero-order valence-corrected chi connectivity index (χ0v) is 13.8. The van der Waals surface area contributed by atoms with Crippen molar-refractivity contribution in [2.24, 2.45) is 0 Å². The third kappa shape index (κ3) is 3.73. The van der Waals surface area contributed by atoms with Crippen LogP contribution in [0.2, 0.25) is 0 Å². The number of nitrogens with zero attached hydrogens (tertiary/aromatic N) is 2. The van der Waals surface area contributed by atoms with E-state index >= 15 is 0 Å². The van der Waals surface area contributed by atoms with Gasteiger partial charge in [-0.25, -0.2) is 4.39 Å². The van der Waals surface area contributed by atoms with E-state index in [-0.39, 0.29) is 24.2 Å². The first-order valence-electron chi connectivity index (χ1n) is 7.63. The SMILES string of the molecule is O=C(COc1ccccc1F)N1CCN(C(=O)c2cccs2)CC1. The zero-order valence-electron chi connectivity index (χ0n) is 13.0. The van der Waals surface area contributed by atoms with Crippen molar-refractivity contribution in [1.82, 2.24) is 9.80 Å². The van der Waals surface area contributed by atoms with Gasteiger partial charge in [0.25, 0.3) is 11.8 Å². The van der Waals surface area contributed by atoms with Crippen LogP contribution in [0.5, 0.6) is 5.75 Å². The predicted molar refractivity (Wildman–Crippen MR) is 88.7 cm³/mol. The van der Waals surface area contributed by atoms with Crippen LogP contribution in [0.1, 0.15) is 9.67 Å². The molecule has 0 atom stereocenters. The molecule has 1 aromatic heterocycles. The number of rotatable bonds is 4. The van der Waals surface area contributed by atoms with Gasteiger partial charge in [0.05, 0.1) is 4.88 Å². The summed E-state index contributed by atoms with van der Waals surface area (Å²) in [4.78, 5) is 28.5. The number of piperazine rings is 1. The number of hydrogen-bond donors (Lipinski definition) is 0. The smallest absolute Gasteiger partial charge is 0.264 e. The van der Waals surface area contributed by atoms with Crippen LogP contribution in [0.25, 0.3) is 0 Å². The number of halogens is 1. The molecule has 0 unspecified atom stereocenters. The van der Waals surface area contributed by atoms with Gasteiger partial charge in [0.15, 0.2) is 18.2 Å². The molecule has 24 heavy (non-hydrogen) atoms. The highest BCUT2D eigenvalue weighted by Gasteiger charge is 2.25. The quantitative estimate of drug-likeness (QED) is 0.852. The van der Waals surface area contributed by atoms with Gasteiger partial charge in [-0.2, -0.15) is 0 Å².